The first-order chi connectivity index (χ1) is 11.7. The van der Waals surface area contributed by atoms with Crippen molar-refractivity contribution in [1.29, 1.82) is 0 Å². The predicted molar refractivity (Wildman–Crippen MR) is 93.5 cm³/mol. The number of aromatic nitrogens is 1. The van der Waals surface area contributed by atoms with Gasteiger partial charge >= 0.3 is 5.97 Å². The maximum absolute atomic E-state index is 12.0. The first kappa shape index (κ1) is 13.5. The summed E-state index contributed by atoms with van der Waals surface area (Å²) in [6.45, 7) is 1.59. The molecule has 0 saturated heterocycles. The Bertz CT molecular complexity index is 1010. The van der Waals surface area contributed by atoms with E-state index in [9.17, 15) is 9.90 Å². The van der Waals surface area contributed by atoms with Gasteiger partial charge in [0.15, 0.2) is 0 Å². The Labute approximate surface area is 139 Å². The third-order valence-electron chi connectivity index (χ3n) is 5.12. The highest BCUT2D eigenvalue weighted by molar-refractivity contribution is 6.07. The van der Waals surface area contributed by atoms with Gasteiger partial charge in [-0.2, -0.15) is 0 Å². The highest BCUT2D eigenvalue weighted by Crippen LogP contribution is 2.44. The third-order valence-corrected chi connectivity index (χ3v) is 5.12. The first-order valence-corrected chi connectivity index (χ1v) is 8.26. The molecule has 0 spiro atoms. The van der Waals surface area contributed by atoms with Crippen LogP contribution in [0.3, 0.4) is 0 Å². The number of aromatic carboxylic acids is 1. The quantitative estimate of drug-likeness (QED) is 0.740. The van der Waals surface area contributed by atoms with E-state index in [1.165, 1.54) is 11.3 Å². The molecule has 0 aliphatic carbocycles. The summed E-state index contributed by atoms with van der Waals surface area (Å²) in [6.07, 6.45) is 2.18. The molecule has 3 aromatic rings. The standard InChI is InChI=1S/C20H16N2O2/c23-20(24)17-13-7-1-2-9-16(13)21-18-14-8-3-5-12-6-4-10-22(19(12)14)11-15(17)18/h1-3,5,7-9H,4,6,10-11H2,(H,23,24). The summed E-state index contributed by atoms with van der Waals surface area (Å²) >= 11 is 0. The molecule has 1 aromatic heterocycles. The van der Waals surface area contributed by atoms with Crippen molar-refractivity contribution in [3.63, 3.8) is 0 Å². The minimum Gasteiger partial charge on any atom is -0.478 e. The number of nitrogens with zero attached hydrogens (tertiary/aromatic N) is 2. The van der Waals surface area contributed by atoms with Gasteiger partial charge in [0, 0.05) is 35.3 Å². The molecular formula is C20H16N2O2. The first-order valence-electron chi connectivity index (χ1n) is 8.26. The van der Waals surface area contributed by atoms with Crippen molar-refractivity contribution < 1.29 is 9.90 Å². The second kappa shape index (κ2) is 4.81. The molecule has 24 heavy (non-hydrogen) atoms. The number of hydrogen-bond acceptors (Lipinski definition) is 3. The van der Waals surface area contributed by atoms with Crippen molar-refractivity contribution in [1.82, 2.24) is 4.98 Å². The summed E-state index contributed by atoms with van der Waals surface area (Å²) < 4.78 is 0. The van der Waals surface area contributed by atoms with E-state index in [0.29, 0.717) is 12.1 Å². The van der Waals surface area contributed by atoms with Crippen molar-refractivity contribution in [3.05, 3.63) is 59.2 Å². The average molecular weight is 316 g/mol. The molecule has 4 heteroatoms. The minimum absolute atomic E-state index is 0.400. The van der Waals surface area contributed by atoms with Crippen molar-refractivity contribution in [3.8, 4) is 11.3 Å². The van der Waals surface area contributed by atoms with Crippen LogP contribution in [0.1, 0.15) is 27.9 Å². The molecule has 0 fully saturated rings. The molecule has 2 aliphatic heterocycles. The van der Waals surface area contributed by atoms with Crippen molar-refractivity contribution >= 4 is 22.6 Å². The van der Waals surface area contributed by atoms with Crippen LogP contribution in [-0.2, 0) is 13.0 Å². The second-order valence-corrected chi connectivity index (χ2v) is 6.47. The van der Waals surface area contributed by atoms with Crippen LogP contribution in [0.4, 0.5) is 5.69 Å². The zero-order valence-corrected chi connectivity index (χ0v) is 13.1. The molecule has 0 bridgehead atoms. The van der Waals surface area contributed by atoms with E-state index in [0.717, 1.165) is 47.1 Å². The van der Waals surface area contributed by atoms with Gasteiger partial charge in [-0.3, -0.25) is 0 Å². The number of hydrogen-bond donors (Lipinski definition) is 1. The van der Waals surface area contributed by atoms with Crippen LogP contribution >= 0.6 is 0 Å². The SMILES string of the molecule is O=C(O)c1c2c(nc3ccccc13)-c1cccc3c1N(CCC3)C2. The summed E-state index contributed by atoms with van der Waals surface area (Å²) in [6, 6.07) is 13.8. The number of rotatable bonds is 1. The molecule has 0 radical (unpaired) electrons. The topological polar surface area (TPSA) is 53.4 Å². The zero-order chi connectivity index (χ0) is 16.3. The largest absolute Gasteiger partial charge is 0.478 e. The number of pyridine rings is 1. The molecule has 0 amide bonds. The summed E-state index contributed by atoms with van der Waals surface area (Å²) in [7, 11) is 0. The smallest absolute Gasteiger partial charge is 0.336 e. The van der Waals surface area contributed by atoms with E-state index in [2.05, 4.69) is 23.1 Å². The minimum atomic E-state index is -0.874. The van der Waals surface area contributed by atoms with Gasteiger partial charge in [-0.25, -0.2) is 9.78 Å². The van der Waals surface area contributed by atoms with E-state index >= 15 is 0 Å². The fraction of sp³-hybridized carbons (Fsp3) is 0.200. The Kier molecular flexibility index (Phi) is 2.71. The van der Waals surface area contributed by atoms with Crippen molar-refractivity contribution in [2.45, 2.75) is 19.4 Å². The lowest BCUT2D eigenvalue weighted by atomic mass is 9.87. The number of aryl methyl sites for hydroxylation is 1. The number of carbonyl (C=O) groups is 1. The van der Waals surface area contributed by atoms with E-state index in [1.807, 2.05) is 24.3 Å². The molecule has 0 unspecified atom stereocenters. The van der Waals surface area contributed by atoms with E-state index < -0.39 is 5.97 Å². The Hall–Kier alpha value is -2.88. The number of fused-ring (bicyclic) bond motifs is 3. The highest BCUT2D eigenvalue weighted by Gasteiger charge is 2.31. The van der Waals surface area contributed by atoms with Gasteiger partial charge in [-0.05, 0) is 24.5 Å². The number of carboxylic acids is 1. The predicted octanol–water partition coefficient (Wildman–Crippen LogP) is 3.87. The maximum Gasteiger partial charge on any atom is 0.336 e. The third kappa shape index (κ3) is 1.74. The van der Waals surface area contributed by atoms with Crippen LogP contribution in [0, 0.1) is 0 Å². The Morgan fingerprint density at radius 3 is 2.88 bits per heavy atom. The lowest BCUT2D eigenvalue weighted by molar-refractivity contribution is 0.0698. The molecule has 4 nitrogen and oxygen atoms in total. The summed E-state index contributed by atoms with van der Waals surface area (Å²) in [5.74, 6) is -0.874. The lowest BCUT2D eigenvalue weighted by Gasteiger charge is -2.37. The van der Waals surface area contributed by atoms with Gasteiger partial charge in [-0.1, -0.05) is 36.4 Å². The Morgan fingerprint density at radius 2 is 2.00 bits per heavy atom. The monoisotopic (exact) mass is 316 g/mol. The summed E-state index contributed by atoms with van der Waals surface area (Å²) in [5, 5.41) is 10.6. The Balaban J connectivity index is 1.91. The lowest BCUT2D eigenvalue weighted by Crippen LogP contribution is -2.33. The molecule has 0 atom stereocenters. The summed E-state index contributed by atoms with van der Waals surface area (Å²) in [4.78, 5) is 19.2. The van der Waals surface area contributed by atoms with E-state index in [4.69, 9.17) is 4.98 Å². The molecule has 3 heterocycles. The fourth-order valence-electron chi connectivity index (χ4n) is 4.15. The molecule has 5 rings (SSSR count). The molecule has 118 valence electrons. The molecule has 0 saturated carbocycles. The maximum atomic E-state index is 12.0. The Morgan fingerprint density at radius 1 is 1.12 bits per heavy atom. The number of para-hydroxylation sites is 2. The molecule has 1 N–H and O–H groups in total. The summed E-state index contributed by atoms with van der Waals surface area (Å²) in [5.41, 5.74) is 6.48. The van der Waals surface area contributed by atoms with Crippen LogP contribution < -0.4 is 4.90 Å². The average Bonchev–Trinajstić information content (AvgIpc) is 2.60. The highest BCUT2D eigenvalue weighted by atomic mass is 16.4. The molecular weight excluding hydrogens is 300 g/mol. The van der Waals surface area contributed by atoms with E-state index in [1.54, 1.807) is 0 Å². The van der Waals surface area contributed by atoms with Gasteiger partial charge in [0.25, 0.3) is 0 Å². The zero-order valence-electron chi connectivity index (χ0n) is 13.1. The van der Waals surface area contributed by atoms with Crippen LogP contribution in [0.25, 0.3) is 22.2 Å². The normalized spacial score (nSPS) is 15.1. The van der Waals surface area contributed by atoms with Gasteiger partial charge in [0.2, 0.25) is 0 Å². The molecule has 2 aliphatic rings. The molecule has 2 aromatic carbocycles. The van der Waals surface area contributed by atoms with Crippen LogP contribution in [0.2, 0.25) is 0 Å². The van der Waals surface area contributed by atoms with Crippen molar-refractivity contribution in [2.24, 2.45) is 0 Å². The van der Waals surface area contributed by atoms with Crippen molar-refractivity contribution in [2.75, 3.05) is 11.4 Å². The van der Waals surface area contributed by atoms with Crippen LogP contribution in [-0.4, -0.2) is 22.6 Å². The van der Waals surface area contributed by atoms with Gasteiger partial charge in [0.05, 0.1) is 16.8 Å². The van der Waals surface area contributed by atoms with Crippen LogP contribution in [0.15, 0.2) is 42.5 Å². The van der Waals surface area contributed by atoms with E-state index in [-0.39, 0.29) is 0 Å². The number of benzene rings is 2. The van der Waals surface area contributed by atoms with Crippen LogP contribution in [0.5, 0.6) is 0 Å². The number of carboxylic acid groups (broad SMARTS) is 1. The number of anilines is 1. The van der Waals surface area contributed by atoms with Gasteiger partial charge in [0.1, 0.15) is 0 Å². The van der Waals surface area contributed by atoms with Gasteiger partial charge < -0.3 is 10.0 Å². The second-order valence-electron chi connectivity index (χ2n) is 6.47. The van der Waals surface area contributed by atoms with Gasteiger partial charge in [-0.15, -0.1) is 0 Å². The fourth-order valence-corrected chi connectivity index (χ4v) is 4.15.